The number of aromatic nitrogens is 2. The van der Waals surface area contributed by atoms with Crippen LogP contribution in [-0.4, -0.2) is 46.4 Å². The van der Waals surface area contributed by atoms with Gasteiger partial charge in [-0.15, -0.1) is 0 Å². The quantitative estimate of drug-likeness (QED) is 0.453. The monoisotopic (exact) mass is 452 g/mol. The zero-order valence-corrected chi connectivity index (χ0v) is 17.1. The fraction of sp³-hybridized carbons (Fsp3) is 0.182. The molecule has 29 heavy (non-hydrogen) atoms. The minimum atomic E-state index is -0.475. The lowest BCUT2D eigenvalue weighted by molar-refractivity contribution is 0.0742. The van der Waals surface area contributed by atoms with E-state index < -0.39 is 5.82 Å². The summed E-state index contributed by atoms with van der Waals surface area (Å²) >= 11 is 3.52. The van der Waals surface area contributed by atoms with Crippen LogP contribution < -0.4 is 4.90 Å². The number of carbonyl (C=O) groups excluding carboxylic acids is 1. The Morgan fingerprint density at radius 2 is 1.76 bits per heavy atom. The fourth-order valence-electron chi connectivity index (χ4n) is 3.89. The predicted molar refractivity (Wildman–Crippen MR) is 115 cm³/mol. The first kappa shape index (κ1) is 18.1. The van der Waals surface area contributed by atoms with E-state index in [0.29, 0.717) is 26.2 Å². The van der Waals surface area contributed by atoms with Crippen LogP contribution in [0.1, 0.15) is 10.4 Å². The molecule has 1 aliphatic rings. The number of halogens is 2. The molecule has 5 nitrogen and oxygen atoms in total. The third-order valence-corrected chi connectivity index (χ3v) is 5.87. The van der Waals surface area contributed by atoms with E-state index in [0.717, 1.165) is 26.8 Å². The number of anilines is 1. The van der Waals surface area contributed by atoms with Crippen LogP contribution in [0.25, 0.3) is 16.6 Å². The van der Waals surface area contributed by atoms with Gasteiger partial charge in [0.1, 0.15) is 5.82 Å². The third-order valence-electron chi connectivity index (χ3n) is 5.37. The predicted octanol–water partition coefficient (Wildman–Crippen LogP) is 4.35. The largest absolute Gasteiger partial charge is 0.351 e. The number of hydrogen-bond donors (Lipinski definition) is 0. The van der Waals surface area contributed by atoms with Crippen molar-refractivity contribution in [2.24, 2.45) is 0 Å². The Morgan fingerprint density at radius 3 is 2.55 bits per heavy atom. The molecule has 2 aromatic carbocycles. The molecule has 2 aromatic heterocycles. The van der Waals surface area contributed by atoms with Gasteiger partial charge in [0.25, 0.3) is 5.91 Å². The second-order valence-corrected chi connectivity index (χ2v) is 8.01. The standard InChI is InChI=1S/C22H18BrFN4O/c23-15-7-8-19-18(14-15)25-21(20-6-3-9-28(19)20)26-10-12-27(13-11-26)22(29)16-4-1-2-5-17(16)24/h1-9,14H,10-13H2. The number of rotatable bonds is 2. The van der Waals surface area contributed by atoms with Gasteiger partial charge in [-0.3, -0.25) is 4.79 Å². The fourth-order valence-corrected chi connectivity index (χ4v) is 4.24. The molecular formula is C22H18BrFN4O. The molecule has 5 rings (SSSR count). The van der Waals surface area contributed by atoms with Crippen LogP contribution in [0.4, 0.5) is 10.2 Å². The number of amides is 1. The van der Waals surface area contributed by atoms with Crippen LogP contribution in [0.2, 0.25) is 0 Å². The summed E-state index contributed by atoms with van der Waals surface area (Å²) in [6.07, 6.45) is 2.04. The van der Waals surface area contributed by atoms with Crippen LogP contribution >= 0.6 is 15.9 Å². The maximum absolute atomic E-state index is 14.0. The average molecular weight is 453 g/mol. The maximum Gasteiger partial charge on any atom is 0.256 e. The van der Waals surface area contributed by atoms with Crippen molar-refractivity contribution in [1.82, 2.24) is 14.3 Å². The highest BCUT2D eigenvalue weighted by Crippen LogP contribution is 2.28. The van der Waals surface area contributed by atoms with Crippen molar-refractivity contribution in [3.8, 4) is 0 Å². The lowest BCUT2D eigenvalue weighted by Gasteiger charge is -2.36. The Labute approximate surface area is 175 Å². The van der Waals surface area contributed by atoms with Gasteiger partial charge >= 0.3 is 0 Å². The Balaban J connectivity index is 1.43. The smallest absolute Gasteiger partial charge is 0.256 e. The SMILES string of the molecule is O=C(c1ccccc1F)N1CCN(c2nc3cc(Br)ccc3n3cccc23)CC1. The number of hydrogen-bond acceptors (Lipinski definition) is 3. The van der Waals surface area contributed by atoms with E-state index in [9.17, 15) is 9.18 Å². The van der Waals surface area contributed by atoms with Crippen molar-refractivity contribution >= 4 is 44.2 Å². The lowest BCUT2D eigenvalue weighted by Crippen LogP contribution is -2.49. The van der Waals surface area contributed by atoms with E-state index >= 15 is 0 Å². The number of fused-ring (bicyclic) bond motifs is 3. The van der Waals surface area contributed by atoms with Crippen LogP contribution in [0.3, 0.4) is 0 Å². The molecule has 0 unspecified atom stereocenters. The van der Waals surface area contributed by atoms with Crippen LogP contribution in [0.5, 0.6) is 0 Å². The molecule has 3 heterocycles. The molecular weight excluding hydrogens is 435 g/mol. The second-order valence-electron chi connectivity index (χ2n) is 7.09. The van der Waals surface area contributed by atoms with Crippen molar-refractivity contribution in [2.45, 2.75) is 0 Å². The number of piperazine rings is 1. The molecule has 146 valence electrons. The van der Waals surface area contributed by atoms with E-state index in [1.807, 2.05) is 30.5 Å². The van der Waals surface area contributed by atoms with Crippen molar-refractivity contribution in [3.63, 3.8) is 0 Å². The molecule has 1 amide bonds. The van der Waals surface area contributed by atoms with Gasteiger partial charge in [-0.2, -0.15) is 0 Å². The first-order valence-corrected chi connectivity index (χ1v) is 10.3. The van der Waals surface area contributed by atoms with Crippen molar-refractivity contribution in [2.75, 3.05) is 31.1 Å². The van der Waals surface area contributed by atoms with Crippen LogP contribution in [0, 0.1) is 5.82 Å². The summed E-state index contributed by atoms with van der Waals surface area (Å²) in [5, 5.41) is 0. The molecule has 0 aliphatic carbocycles. The second kappa shape index (κ2) is 7.15. The molecule has 0 bridgehead atoms. The zero-order chi connectivity index (χ0) is 20.0. The van der Waals surface area contributed by atoms with Gasteiger partial charge in [-0.1, -0.05) is 28.1 Å². The summed E-state index contributed by atoms with van der Waals surface area (Å²) in [5.74, 6) is 0.168. The van der Waals surface area contributed by atoms with Crippen LogP contribution in [-0.2, 0) is 0 Å². The molecule has 0 saturated carbocycles. The molecule has 0 radical (unpaired) electrons. The first-order chi connectivity index (χ1) is 14.1. The summed E-state index contributed by atoms with van der Waals surface area (Å²) in [4.78, 5) is 21.5. The van der Waals surface area contributed by atoms with Gasteiger partial charge in [0.15, 0.2) is 5.82 Å². The van der Waals surface area contributed by atoms with Gasteiger partial charge in [-0.25, -0.2) is 9.37 Å². The summed E-state index contributed by atoms with van der Waals surface area (Å²) in [6, 6.07) is 16.3. The summed E-state index contributed by atoms with van der Waals surface area (Å²) in [5.41, 5.74) is 3.12. The summed E-state index contributed by atoms with van der Waals surface area (Å²) in [6.45, 7) is 2.34. The Bertz CT molecular complexity index is 1230. The highest BCUT2D eigenvalue weighted by Gasteiger charge is 2.25. The van der Waals surface area contributed by atoms with E-state index in [-0.39, 0.29) is 11.5 Å². The molecule has 0 spiro atoms. The van der Waals surface area contributed by atoms with Gasteiger partial charge < -0.3 is 14.2 Å². The molecule has 1 fully saturated rings. The normalized spacial score (nSPS) is 14.7. The third kappa shape index (κ3) is 3.15. The highest BCUT2D eigenvalue weighted by molar-refractivity contribution is 9.10. The van der Waals surface area contributed by atoms with Crippen molar-refractivity contribution in [3.05, 3.63) is 76.6 Å². The van der Waals surface area contributed by atoms with Gasteiger partial charge in [0.05, 0.1) is 22.1 Å². The number of carbonyl (C=O) groups is 1. The Kier molecular flexibility index (Phi) is 4.47. The lowest BCUT2D eigenvalue weighted by atomic mass is 10.1. The first-order valence-electron chi connectivity index (χ1n) is 9.47. The van der Waals surface area contributed by atoms with Crippen molar-refractivity contribution < 1.29 is 9.18 Å². The molecule has 0 N–H and O–H groups in total. The average Bonchev–Trinajstić information content (AvgIpc) is 3.23. The molecule has 7 heteroatoms. The highest BCUT2D eigenvalue weighted by atomic mass is 79.9. The molecule has 1 saturated heterocycles. The molecule has 0 atom stereocenters. The molecule has 1 aliphatic heterocycles. The van der Waals surface area contributed by atoms with Crippen LogP contribution in [0.15, 0.2) is 65.3 Å². The minimum absolute atomic E-state index is 0.128. The van der Waals surface area contributed by atoms with Gasteiger partial charge in [-0.05, 0) is 42.5 Å². The van der Waals surface area contributed by atoms with E-state index in [4.69, 9.17) is 4.98 Å². The topological polar surface area (TPSA) is 40.9 Å². The number of nitrogens with zero attached hydrogens (tertiary/aromatic N) is 4. The van der Waals surface area contributed by atoms with E-state index in [2.05, 4.69) is 31.3 Å². The van der Waals surface area contributed by atoms with Gasteiger partial charge in [0.2, 0.25) is 0 Å². The van der Waals surface area contributed by atoms with Crippen molar-refractivity contribution in [1.29, 1.82) is 0 Å². The zero-order valence-electron chi connectivity index (χ0n) is 15.6. The van der Waals surface area contributed by atoms with E-state index in [1.54, 1.807) is 17.0 Å². The minimum Gasteiger partial charge on any atom is -0.351 e. The Morgan fingerprint density at radius 1 is 0.966 bits per heavy atom. The van der Waals surface area contributed by atoms with Gasteiger partial charge in [0, 0.05) is 36.8 Å². The Hall–Kier alpha value is -2.93. The number of benzene rings is 2. The maximum atomic E-state index is 14.0. The molecule has 4 aromatic rings. The summed E-state index contributed by atoms with van der Waals surface area (Å²) in [7, 11) is 0. The summed E-state index contributed by atoms with van der Waals surface area (Å²) < 4.78 is 17.1. The van der Waals surface area contributed by atoms with E-state index in [1.165, 1.54) is 12.1 Å².